The van der Waals surface area contributed by atoms with Crippen molar-refractivity contribution in [1.29, 1.82) is 0 Å². The Labute approximate surface area is 160 Å². The molecule has 1 atom stereocenters. The van der Waals surface area contributed by atoms with Crippen molar-refractivity contribution < 1.29 is 13.2 Å². The predicted octanol–water partition coefficient (Wildman–Crippen LogP) is 1.48. The zero-order valence-corrected chi connectivity index (χ0v) is 17.2. The minimum atomic E-state index is -3.52. The van der Waals surface area contributed by atoms with Gasteiger partial charge in [-0.05, 0) is 23.1 Å². The molecule has 1 unspecified atom stereocenters. The minimum Gasteiger partial charge on any atom is -0.339 e. The standard InChI is InChI=1S/C18H27N3O3S2/c1-18(2,3)14-4-6-15(7-5-14)26(23,24)21-10-8-20(9-11-21)17(22)16-12-25-13-19-16/h4-7,16,19H,8-13H2,1-3H3. The first-order valence-electron chi connectivity index (χ1n) is 8.90. The van der Waals surface area contributed by atoms with Gasteiger partial charge in [-0.2, -0.15) is 4.31 Å². The summed E-state index contributed by atoms with van der Waals surface area (Å²) >= 11 is 1.71. The van der Waals surface area contributed by atoms with Crippen molar-refractivity contribution in [2.75, 3.05) is 37.8 Å². The van der Waals surface area contributed by atoms with Crippen molar-refractivity contribution >= 4 is 27.7 Å². The summed E-state index contributed by atoms with van der Waals surface area (Å²) in [4.78, 5) is 14.5. The molecule has 0 radical (unpaired) electrons. The highest BCUT2D eigenvalue weighted by molar-refractivity contribution is 7.99. The predicted molar refractivity (Wildman–Crippen MR) is 105 cm³/mol. The van der Waals surface area contributed by atoms with Crippen molar-refractivity contribution in [2.24, 2.45) is 0 Å². The number of carbonyl (C=O) groups excluding carboxylic acids is 1. The normalized spacial score (nSPS) is 22.6. The average Bonchev–Trinajstić information content (AvgIpc) is 3.15. The highest BCUT2D eigenvalue weighted by Gasteiger charge is 2.33. The van der Waals surface area contributed by atoms with E-state index in [2.05, 4.69) is 26.1 Å². The second-order valence-electron chi connectivity index (χ2n) is 7.78. The number of nitrogens with zero attached hydrogens (tertiary/aromatic N) is 2. The number of hydrogen-bond acceptors (Lipinski definition) is 5. The molecule has 2 saturated heterocycles. The summed E-state index contributed by atoms with van der Waals surface area (Å²) in [6.07, 6.45) is 0. The highest BCUT2D eigenvalue weighted by Crippen LogP contribution is 2.25. The van der Waals surface area contributed by atoms with Crippen LogP contribution in [0.3, 0.4) is 0 Å². The quantitative estimate of drug-likeness (QED) is 0.837. The second kappa shape index (κ2) is 7.50. The van der Waals surface area contributed by atoms with E-state index in [1.165, 1.54) is 4.31 Å². The lowest BCUT2D eigenvalue weighted by atomic mass is 9.87. The van der Waals surface area contributed by atoms with Gasteiger partial charge in [0, 0.05) is 37.8 Å². The molecule has 0 spiro atoms. The van der Waals surface area contributed by atoms with Crippen LogP contribution in [0.25, 0.3) is 0 Å². The van der Waals surface area contributed by atoms with E-state index in [0.29, 0.717) is 31.1 Å². The summed E-state index contributed by atoms with van der Waals surface area (Å²) in [5.41, 5.74) is 1.09. The van der Waals surface area contributed by atoms with Crippen LogP contribution in [0, 0.1) is 0 Å². The molecule has 0 saturated carbocycles. The number of carbonyl (C=O) groups is 1. The summed E-state index contributed by atoms with van der Waals surface area (Å²) in [5, 5.41) is 3.18. The van der Waals surface area contributed by atoms with Gasteiger partial charge in [0.15, 0.2) is 0 Å². The third-order valence-corrected chi connectivity index (χ3v) is 7.78. The van der Waals surface area contributed by atoms with Gasteiger partial charge in [0.1, 0.15) is 0 Å². The topological polar surface area (TPSA) is 69.7 Å². The van der Waals surface area contributed by atoms with Crippen molar-refractivity contribution in [3.8, 4) is 0 Å². The van der Waals surface area contributed by atoms with Crippen LogP contribution in [-0.2, 0) is 20.2 Å². The zero-order chi connectivity index (χ0) is 18.9. The maximum absolute atomic E-state index is 12.9. The van der Waals surface area contributed by atoms with Gasteiger partial charge in [0.25, 0.3) is 0 Å². The number of nitrogens with one attached hydrogen (secondary N) is 1. The molecular weight excluding hydrogens is 370 g/mol. The number of rotatable bonds is 3. The highest BCUT2D eigenvalue weighted by atomic mass is 32.2. The van der Waals surface area contributed by atoms with Crippen LogP contribution in [0.15, 0.2) is 29.2 Å². The van der Waals surface area contributed by atoms with Gasteiger partial charge in [-0.25, -0.2) is 8.42 Å². The molecule has 0 aliphatic carbocycles. The first kappa shape index (κ1) is 19.7. The maximum atomic E-state index is 12.9. The van der Waals surface area contributed by atoms with E-state index in [-0.39, 0.29) is 17.4 Å². The maximum Gasteiger partial charge on any atom is 0.243 e. The van der Waals surface area contributed by atoms with Gasteiger partial charge >= 0.3 is 0 Å². The second-order valence-corrected chi connectivity index (χ2v) is 10.7. The Morgan fingerprint density at radius 2 is 1.73 bits per heavy atom. The molecule has 2 heterocycles. The van der Waals surface area contributed by atoms with Crippen LogP contribution >= 0.6 is 11.8 Å². The lowest BCUT2D eigenvalue weighted by Gasteiger charge is -2.35. The molecular formula is C18H27N3O3S2. The Bertz CT molecular complexity index is 743. The van der Waals surface area contributed by atoms with Gasteiger partial charge in [0.05, 0.1) is 10.9 Å². The molecule has 1 aromatic carbocycles. The molecule has 0 bridgehead atoms. The van der Waals surface area contributed by atoms with Crippen LogP contribution in [-0.4, -0.2) is 67.4 Å². The molecule has 2 aliphatic heterocycles. The number of thioether (sulfide) groups is 1. The number of benzene rings is 1. The number of hydrogen-bond donors (Lipinski definition) is 1. The molecule has 144 valence electrons. The van der Waals surface area contributed by atoms with E-state index in [0.717, 1.165) is 17.2 Å². The molecule has 6 nitrogen and oxygen atoms in total. The van der Waals surface area contributed by atoms with E-state index in [1.54, 1.807) is 28.8 Å². The summed E-state index contributed by atoms with van der Waals surface area (Å²) in [6, 6.07) is 7.01. The lowest BCUT2D eigenvalue weighted by molar-refractivity contribution is -0.133. The lowest BCUT2D eigenvalue weighted by Crippen LogP contribution is -2.54. The largest absolute Gasteiger partial charge is 0.339 e. The summed E-state index contributed by atoms with van der Waals surface area (Å²) in [5.74, 6) is 1.67. The van der Waals surface area contributed by atoms with E-state index < -0.39 is 10.0 Å². The number of sulfonamides is 1. The van der Waals surface area contributed by atoms with Crippen molar-refractivity contribution in [1.82, 2.24) is 14.5 Å². The molecule has 1 aromatic rings. The Hall–Kier alpha value is -1.09. The van der Waals surface area contributed by atoms with E-state index in [9.17, 15) is 13.2 Å². The van der Waals surface area contributed by atoms with Gasteiger partial charge in [-0.15, -0.1) is 11.8 Å². The number of amides is 1. The Morgan fingerprint density at radius 3 is 2.23 bits per heavy atom. The third-order valence-electron chi connectivity index (χ3n) is 4.92. The molecule has 26 heavy (non-hydrogen) atoms. The molecule has 8 heteroatoms. The van der Waals surface area contributed by atoms with Crippen molar-refractivity contribution in [3.63, 3.8) is 0 Å². The van der Waals surface area contributed by atoms with E-state index in [1.807, 2.05) is 12.1 Å². The summed E-state index contributed by atoms with van der Waals surface area (Å²) < 4.78 is 27.3. The van der Waals surface area contributed by atoms with Crippen LogP contribution in [0.2, 0.25) is 0 Å². The number of piperazine rings is 1. The van der Waals surface area contributed by atoms with Crippen molar-refractivity contribution in [2.45, 2.75) is 37.1 Å². The Morgan fingerprint density at radius 1 is 1.12 bits per heavy atom. The Balaban J connectivity index is 1.65. The van der Waals surface area contributed by atoms with E-state index >= 15 is 0 Å². The molecule has 1 amide bonds. The first-order valence-corrected chi connectivity index (χ1v) is 11.5. The van der Waals surface area contributed by atoms with Gasteiger partial charge < -0.3 is 4.90 Å². The molecule has 2 aliphatic rings. The summed E-state index contributed by atoms with van der Waals surface area (Å²) in [6.45, 7) is 7.88. The van der Waals surface area contributed by atoms with Crippen LogP contribution in [0.1, 0.15) is 26.3 Å². The van der Waals surface area contributed by atoms with Crippen LogP contribution in [0.4, 0.5) is 0 Å². The van der Waals surface area contributed by atoms with Gasteiger partial charge in [0.2, 0.25) is 15.9 Å². The first-order chi connectivity index (χ1) is 12.2. The Kier molecular flexibility index (Phi) is 5.67. The zero-order valence-electron chi connectivity index (χ0n) is 15.6. The fraction of sp³-hybridized carbons (Fsp3) is 0.611. The monoisotopic (exact) mass is 397 g/mol. The average molecular weight is 398 g/mol. The smallest absolute Gasteiger partial charge is 0.243 e. The summed E-state index contributed by atoms with van der Waals surface area (Å²) in [7, 11) is -3.52. The third kappa shape index (κ3) is 4.08. The molecule has 3 rings (SSSR count). The minimum absolute atomic E-state index is 0.0131. The fourth-order valence-corrected chi connectivity index (χ4v) is 5.55. The van der Waals surface area contributed by atoms with Crippen LogP contribution < -0.4 is 5.32 Å². The molecule has 1 N–H and O–H groups in total. The van der Waals surface area contributed by atoms with E-state index in [4.69, 9.17) is 0 Å². The fourth-order valence-electron chi connectivity index (χ4n) is 3.20. The van der Waals surface area contributed by atoms with Gasteiger partial charge in [-0.1, -0.05) is 32.9 Å². The molecule has 2 fully saturated rings. The molecule has 0 aromatic heterocycles. The van der Waals surface area contributed by atoms with Crippen molar-refractivity contribution in [3.05, 3.63) is 29.8 Å². The van der Waals surface area contributed by atoms with Gasteiger partial charge in [-0.3, -0.25) is 10.1 Å². The SMILES string of the molecule is CC(C)(C)c1ccc(S(=O)(=O)N2CCN(C(=O)C3CSCN3)CC2)cc1. The van der Waals surface area contributed by atoms with Crippen LogP contribution in [0.5, 0.6) is 0 Å².